The van der Waals surface area contributed by atoms with Crippen molar-refractivity contribution in [1.29, 1.82) is 0 Å². The molecule has 0 aromatic carbocycles. The van der Waals surface area contributed by atoms with Crippen LogP contribution in [-0.4, -0.2) is 5.78 Å². The van der Waals surface area contributed by atoms with Crippen molar-refractivity contribution in [3.63, 3.8) is 0 Å². The molecule has 0 spiro atoms. The van der Waals surface area contributed by atoms with Gasteiger partial charge in [-0.15, -0.1) is 0 Å². The van der Waals surface area contributed by atoms with Gasteiger partial charge in [-0.2, -0.15) is 0 Å². The maximum atomic E-state index is 12.1. The van der Waals surface area contributed by atoms with Crippen molar-refractivity contribution >= 4 is 5.78 Å². The second kappa shape index (κ2) is 7.47. The fourth-order valence-corrected chi connectivity index (χ4v) is 2.19. The van der Waals surface area contributed by atoms with Crippen molar-refractivity contribution in [2.45, 2.75) is 52.9 Å². The summed E-state index contributed by atoms with van der Waals surface area (Å²) in [5, 5.41) is 0. The SMILES string of the molecule is CC1/C=C/CCCC/C=C/C(C)C(C)C(=O)C1. The molecular formula is C16H26O. The highest BCUT2D eigenvalue weighted by Crippen LogP contribution is 2.19. The molecule has 0 bridgehead atoms. The van der Waals surface area contributed by atoms with Crippen molar-refractivity contribution < 1.29 is 4.79 Å². The number of carbonyl (C=O) groups excluding carboxylic acids is 1. The van der Waals surface area contributed by atoms with Crippen LogP contribution in [0.25, 0.3) is 0 Å². The molecule has 0 radical (unpaired) electrons. The van der Waals surface area contributed by atoms with Gasteiger partial charge in [0, 0.05) is 12.3 Å². The summed E-state index contributed by atoms with van der Waals surface area (Å²) >= 11 is 0. The second-order valence-corrected chi connectivity index (χ2v) is 5.44. The molecule has 1 nitrogen and oxygen atoms in total. The normalized spacial score (nSPS) is 36.4. The van der Waals surface area contributed by atoms with Gasteiger partial charge in [0.05, 0.1) is 0 Å². The Kier molecular flexibility index (Phi) is 6.25. The van der Waals surface area contributed by atoms with Crippen molar-refractivity contribution in [2.24, 2.45) is 17.8 Å². The average molecular weight is 234 g/mol. The Balaban J connectivity index is 2.67. The number of rotatable bonds is 0. The molecule has 3 unspecified atom stereocenters. The van der Waals surface area contributed by atoms with Crippen LogP contribution >= 0.6 is 0 Å². The smallest absolute Gasteiger partial charge is 0.136 e. The monoisotopic (exact) mass is 234 g/mol. The number of ketones is 1. The lowest BCUT2D eigenvalue weighted by atomic mass is 9.87. The maximum Gasteiger partial charge on any atom is 0.136 e. The van der Waals surface area contributed by atoms with Crippen molar-refractivity contribution in [1.82, 2.24) is 0 Å². The molecule has 0 aromatic heterocycles. The van der Waals surface area contributed by atoms with E-state index >= 15 is 0 Å². The standard InChI is InChI=1S/C16H26O/c1-13-10-8-6-4-5-7-9-11-14(2)15(3)16(17)12-13/h8-11,13-15H,4-7,12H2,1-3H3/b10-8+,11-9+. The summed E-state index contributed by atoms with van der Waals surface area (Å²) in [5.74, 6) is 1.32. The van der Waals surface area contributed by atoms with Gasteiger partial charge in [-0.25, -0.2) is 0 Å². The van der Waals surface area contributed by atoms with E-state index in [0.717, 1.165) is 12.8 Å². The first-order valence-corrected chi connectivity index (χ1v) is 6.97. The number of carbonyl (C=O) groups is 1. The molecule has 1 aliphatic carbocycles. The highest BCUT2D eigenvalue weighted by Gasteiger charge is 2.19. The van der Waals surface area contributed by atoms with Gasteiger partial charge in [0.2, 0.25) is 0 Å². The van der Waals surface area contributed by atoms with E-state index < -0.39 is 0 Å². The molecule has 1 heteroatoms. The van der Waals surface area contributed by atoms with Crippen LogP contribution in [0.1, 0.15) is 52.9 Å². The minimum atomic E-state index is 0.155. The summed E-state index contributed by atoms with van der Waals surface area (Å²) in [6.45, 7) is 6.36. The lowest BCUT2D eigenvalue weighted by Crippen LogP contribution is -2.19. The average Bonchev–Trinajstić information content (AvgIpc) is 2.30. The largest absolute Gasteiger partial charge is 0.299 e. The minimum absolute atomic E-state index is 0.155. The van der Waals surface area contributed by atoms with Crippen LogP contribution < -0.4 is 0 Å². The van der Waals surface area contributed by atoms with Crippen molar-refractivity contribution in [2.75, 3.05) is 0 Å². The highest BCUT2D eigenvalue weighted by atomic mass is 16.1. The third kappa shape index (κ3) is 5.34. The predicted octanol–water partition coefficient (Wildman–Crippen LogP) is 4.54. The van der Waals surface area contributed by atoms with E-state index in [1.807, 2.05) is 0 Å². The Morgan fingerprint density at radius 2 is 1.59 bits per heavy atom. The van der Waals surface area contributed by atoms with Crippen LogP contribution in [0.2, 0.25) is 0 Å². The molecule has 1 rings (SSSR count). The molecule has 0 amide bonds. The number of hydrogen-bond acceptors (Lipinski definition) is 1. The quantitative estimate of drug-likeness (QED) is 0.562. The fourth-order valence-electron chi connectivity index (χ4n) is 2.19. The maximum absolute atomic E-state index is 12.1. The van der Waals surface area contributed by atoms with Gasteiger partial charge in [0.15, 0.2) is 0 Å². The van der Waals surface area contributed by atoms with Crippen LogP contribution in [-0.2, 0) is 4.79 Å². The molecule has 1 aliphatic rings. The predicted molar refractivity (Wildman–Crippen MR) is 73.9 cm³/mol. The topological polar surface area (TPSA) is 17.1 Å². The van der Waals surface area contributed by atoms with Crippen molar-refractivity contribution in [3.05, 3.63) is 24.3 Å². The molecule has 3 atom stereocenters. The van der Waals surface area contributed by atoms with Gasteiger partial charge >= 0.3 is 0 Å². The first kappa shape index (κ1) is 14.2. The van der Waals surface area contributed by atoms with Gasteiger partial charge in [-0.1, -0.05) is 45.1 Å². The number of hydrogen-bond donors (Lipinski definition) is 0. The van der Waals surface area contributed by atoms with Gasteiger partial charge < -0.3 is 0 Å². The third-order valence-corrected chi connectivity index (χ3v) is 3.72. The van der Waals surface area contributed by atoms with E-state index in [1.165, 1.54) is 12.8 Å². The van der Waals surface area contributed by atoms with E-state index in [0.29, 0.717) is 24.0 Å². The van der Waals surface area contributed by atoms with E-state index in [4.69, 9.17) is 0 Å². The highest BCUT2D eigenvalue weighted by molar-refractivity contribution is 5.81. The fraction of sp³-hybridized carbons (Fsp3) is 0.688. The third-order valence-electron chi connectivity index (χ3n) is 3.72. The van der Waals surface area contributed by atoms with Gasteiger partial charge in [-0.05, 0) is 37.5 Å². The van der Waals surface area contributed by atoms with Gasteiger partial charge in [0.25, 0.3) is 0 Å². The zero-order chi connectivity index (χ0) is 12.7. The Hall–Kier alpha value is -0.850. The van der Waals surface area contributed by atoms with E-state index in [-0.39, 0.29) is 5.92 Å². The lowest BCUT2D eigenvalue weighted by molar-refractivity contribution is -0.123. The van der Waals surface area contributed by atoms with E-state index in [9.17, 15) is 4.79 Å². The van der Waals surface area contributed by atoms with Gasteiger partial charge in [0.1, 0.15) is 5.78 Å². The second-order valence-electron chi connectivity index (χ2n) is 5.44. The Bertz CT molecular complexity index is 288. The molecule has 0 fully saturated rings. The van der Waals surface area contributed by atoms with Crippen LogP contribution in [0, 0.1) is 17.8 Å². The summed E-state index contributed by atoms with van der Waals surface area (Å²) in [5.41, 5.74) is 0. The van der Waals surface area contributed by atoms with E-state index in [1.54, 1.807) is 0 Å². The Morgan fingerprint density at radius 1 is 1.00 bits per heavy atom. The van der Waals surface area contributed by atoms with Crippen LogP contribution in [0.3, 0.4) is 0 Å². The van der Waals surface area contributed by atoms with Crippen molar-refractivity contribution in [3.8, 4) is 0 Å². The summed E-state index contributed by atoms with van der Waals surface area (Å²) in [6.07, 6.45) is 14.4. The molecule has 0 aromatic rings. The lowest BCUT2D eigenvalue weighted by Gasteiger charge is -2.16. The zero-order valence-corrected chi connectivity index (χ0v) is 11.5. The molecule has 0 N–H and O–H groups in total. The summed E-state index contributed by atoms with van der Waals surface area (Å²) < 4.78 is 0. The molecular weight excluding hydrogens is 208 g/mol. The number of Topliss-reactive ketones (excluding diaryl/α,β-unsaturated/α-hetero) is 1. The first-order valence-electron chi connectivity index (χ1n) is 6.97. The summed E-state index contributed by atoms with van der Waals surface area (Å²) in [6, 6.07) is 0. The van der Waals surface area contributed by atoms with Gasteiger partial charge in [-0.3, -0.25) is 4.79 Å². The first-order chi connectivity index (χ1) is 8.11. The summed E-state index contributed by atoms with van der Waals surface area (Å²) in [7, 11) is 0. The molecule has 0 heterocycles. The van der Waals surface area contributed by atoms with Crippen LogP contribution in [0.4, 0.5) is 0 Å². The van der Waals surface area contributed by atoms with Crippen LogP contribution in [0.15, 0.2) is 24.3 Å². The molecule has 17 heavy (non-hydrogen) atoms. The molecule has 0 aliphatic heterocycles. The zero-order valence-electron chi connectivity index (χ0n) is 11.5. The van der Waals surface area contributed by atoms with Crippen LogP contribution in [0.5, 0.6) is 0 Å². The molecule has 0 saturated heterocycles. The minimum Gasteiger partial charge on any atom is -0.299 e. The molecule has 96 valence electrons. The molecule has 0 saturated carbocycles. The number of allylic oxidation sites excluding steroid dienone is 4. The summed E-state index contributed by atoms with van der Waals surface area (Å²) in [4.78, 5) is 12.1. The van der Waals surface area contributed by atoms with E-state index in [2.05, 4.69) is 45.1 Å². The Labute approximate surface area is 106 Å². The Morgan fingerprint density at radius 3 is 2.24 bits per heavy atom.